The third-order valence-corrected chi connectivity index (χ3v) is 3.57. The minimum absolute atomic E-state index is 0. The molecule has 0 atom stereocenters. The molecule has 0 aliphatic heterocycles. The van der Waals surface area contributed by atoms with Crippen molar-refractivity contribution >= 4 is 32.1 Å². The lowest BCUT2D eigenvalue weighted by Gasteiger charge is -1.98. The summed E-state index contributed by atoms with van der Waals surface area (Å²) < 4.78 is 1.56. The maximum Gasteiger partial charge on any atom is 0.250 e. The molecule has 1 radical (unpaired) electrons. The van der Waals surface area contributed by atoms with Crippen LogP contribution in [0.4, 0.5) is 0 Å². The lowest BCUT2D eigenvalue weighted by atomic mass is 10.2. The van der Waals surface area contributed by atoms with Crippen LogP contribution in [0.2, 0.25) is 5.28 Å². The summed E-state index contributed by atoms with van der Waals surface area (Å²) in [5, 5.41) is 1.42. The first-order valence-corrected chi connectivity index (χ1v) is 6.12. The molecular weight excluding hydrogens is 195 g/mol. The molecule has 13 heavy (non-hydrogen) atoms. The van der Waals surface area contributed by atoms with Gasteiger partial charge in [-0.2, -0.15) is 0 Å². The number of hydrogen-bond donors (Lipinski definition) is 0. The van der Waals surface area contributed by atoms with Crippen LogP contribution in [0.25, 0.3) is 0 Å². The largest absolute Gasteiger partial charge is 0.250 e. The molecule has 71 valence electrons. The first-order chi connectivity index (χ1) is 5.83. The third-order valence-electron chi connectivity index (χ3n) is 2.02. The molecule has 0 aromatic heterocycles. The van der Waals surface area contributed by atoms with E-state index in [1.165, 1.54) is 23.7 Å². The lowest BCUT2D eigenvalue weighted by molar-refractivity contribution is 0.881. The Morgan fingerprint density at radius 1 is 1.15 bits per heavy atom. The summed E-state index contributed by atoms with van der Waals surface area (Å²) in [4.78, 5) is 0. The van der Waals surface area contributed by atoms with Crippen LogP contribution in [-0.2, 0) is 0 Å². The van der Waals surface area contributed by atoms with E-state index in [0.717, 1.165) is 0 Å². The molecule has 2 heteroatoms. The van der Waals surface area contributed by atoms with Crippen molar-refractivity contribution in [3.8, 4) is 0 Å². The Labute approximate surface area is 93.9 Å². The van der Waals surface area contributed by atoms with Gasteiger partial charge in [-0.3, -0.25) is 0 Å². The van der Waals surface area contributed by atoms with E-state index in [9.17, 15) is 0 Å². The summed E-state index contributed by atoms with van der Waals surface area (Å²) in [6, 6.07) is 8.99. The van der Waals surface area contributed by atoms with Crippen molar-refractivity contribution in [1.29, 1.82) is 0 Å². The molecule has 1 aromatic rings. The van der Waals surface area contributed by atoms with Crippen LogP contribution in [-0.4, -0.2) is 15.2 Å². The molecule has 0 aliphatic rings. The van der Waals surface area contributed by atoms with Gasteiger partial charge in [-0.15, -0.1) is 16.8 Å². The second-order valence-electron chi connectivity index (χ2n) is 3.26. The van der Waals surface area contributed by atoms with Gasteiger partial charge >= 0.3 is 0 Å². The van der Waals surface area contributed by atoms with Crippen molar-refractivity contribution in [3.63, 3.8) is 0 Å². The van der Waals surface area contributed by atoms with Gasteiger partial charge in [0.25, 0.3) is 0 Å². The fraction of sp³-hybridized carbons (Fsp3) is 0.455. The van der Waals surface area contributed by atoms with E-state index in [-0.39, 0.29) is 12.4 Å². The summed E-state index contributed by atoms with van der Waals surface area (Å²) in [5.41, 5.74) is 1.37. The molecule has 0 saturated carbocycles. The first-order valence-electron chi connectivity index (χ1n) is 4.73. The van der Waals surface area contributed by atoms with E-state index < -0.39 is 0 Å². The fourth-order valence-electron chi connectivity index (χ4n) is 1.18. The Morgan fingerprint density at radius 2 is 1.77 bits per heavy atom. The molecule has 0 aliphatic carbocycles. The van der Waals surface area contributed by atoms with Crippen molar-refractivity contribution in [2.45, 2.75) is 32.0 Å². The summed E-state index contributed by atoms with van der Waals surface area (Å²) in [5.74, 6) is 0. The third kappa shape index (κ3) is 5.37. The average Bonchev–Trinajstić information content (AvgIpc) is 2.09. The number of halogens is 1. The van der Waals surface area contributed by atoms with Crippen LogP contribution in [0.5, 0.6) is 0 Å². The number of aryl methyl sites for hydroxylation is 1. The number of benzene rings is 1. The second kappa shape index (κ2) is 7.45. The van der Waals surface area contributed by atoms with E-state index in [1.807, 2.05) is 0 Å². The maximum absolute atomic E-state index is 2.28. The average molecular weight is 212 g/mol. The zero-order valence-electron chi connectivity index (χ0n) is 8.42. The van der Waals surface area contributed by atoms with Gasteiger partial charge in [-0.05, 0) is 6.92 Å². The van der Waals surface area contributed by atoms with Gasteiger partial charge in [0.1, 0.15) is 0 Å². The summed E-state index contributed by atoms with van der Waals surface area (Å²) in [6.45, 7) is 4.40. The van der Waals surface area contributed by atoms with Gasteiger partial charge in [0.15, 0.2) is 0 Å². The normalized spacial score (nSPS) is 9.08. The van der Waals surface area contributed by atoms with Crippen molar-refractivity contribution in [3.05, 3.63) is 29.8 Å². The highest BCUT2D eigenvalue weighted by Crippen LogP contribution is 1.96. The SMILES string of the molecule is CCC[CH2][Al][c]1ccc(C)cc1.Cl. The molecule has 0 unspecified atom stereocenters. The fourth-order valence-corrected chi connectivity index (χ4v) is 2.59. The molecule has 0 amide bonds. The van der Waals surface area contributed by atoms with E-state index >= 15 is 0 Å². The number of hydrogen-bond acceptors (Lipinski definition) is 0. The van der Waals surface area contributed by atoms with Crippen molar-refractivity contribution in [1.82, 2.24) is 0 Å². The molecule has 0 N–H and O–H groups in total. The van der Waals surface area contributed by atoms with Gasteiger partial charge in [0.05, 0.1) is 0 Å². The highest BCUT2D eigenvalue weighted by molar-refractivity contribution is 6.53. The van der Waals surface area contributed by atoms with Crippen molar-refractivity contribution < 1.29 is 0 Å². The van der Waals surface area contributed by atoms with Crippen molar-refractivity contribution in [2.24, 2.45) is 0 Å². The van der Waals surface area contributed by atoms with Crippen LogP contribution in [0.3, 0.4) is 0 Å². The van der Waals surface area contributed by atoms with Crippen LogP contribution in [0.1, 0.15) is 25.3 Å². The lowest BCUT2D eigenvalue weighted by Crippen LogP contribution is -2.12. The molecule has 1 rings (SSSR count). The Balaban J connectivity index is 0.00000144. The van der Waals surface area contributed by atoms with E-state index in [4.69, 9.17) is 0 Å². The predicted molar refractivity (Wildman–Crippen MR) is 63.5 cm³/mol. The van der Waals surface area contributed by atoms with Gasteiger partial charge < -0.3 is 0 Å². The van der Waals surface area contributed by atoms with E-state index in [1.54, 1.807) is 4.43 Å². The molecule has 0 heterocycles. The quantitative estimate of drug-likeness (QED) is 0.531. The Hall–Kier alpha value is 0.0425. The molecule has 1 aromatic carbocycles. The smallest absolute Gasteiger partial charge is 0.147 e. The van der Waals surface area contributed by atoms with Crippen LogP contribution < -0.4 is 4.43 Å². The van der Waals surface area contributed by atoms with Gasteiger partial charge in [0.2, 0.25) is 15.2 Å². The van der Waals surface area contributed by atoms with E-state index in [0.29, 0.717) is 15.2 Å². The molecule has 0 saturated heterocycles. The zero-order chi connectivity index (χ0) is 8.81. The summed E-state index contributed by atoms with van der Waals surface area (Å²) in [7, 11) is 0. The topological polar surface area (TPSA) is 0 Å². The standard InChI is InChI=1S/C7H7.C4H9.Al.ClH/c1-7-5-3-2-4-6-7;1-3-4-2;;/h3-6H,1H3;1,3-4H2,2H3;;1H. The first kappa shape index (κ1) is 13.0. The van der Waals surface area contributed by atoms with Gasteiger partial charge in [-0.25, -0.2) is 0 Å². The summed E-state index contributed by atoms with van der Waals surface area (Å²) >= 11 is 0.535. The zero-order valence-corrected chi connectivity index (χ0v) is 10.4. The number of rotatable bonds is 4. The Morgan fingerprint density at radius 3 is 2.31 bits per heavy atom. The van der Waals surface area contributed by atoms with Gasteiger partial charge in [-0.1, -0.05) is 54.9 Å². The Bertz CT molecular complexity index is 218. The second-order valence-corrected chi connectivity index (χ2v) is 4.91. The summed E-state index contributed by atoms with van der Waals surface area (Å²) in [6.07, 6.45) is 2.72. The van der Waals surface area contributed by atoms with Crippen molar-refractivity contribution in [2.75, 3.05) is 0 Å². The molecular formula is C11H17AlCl. The monoisotopic (exact) mass is 211 g/mol. The predicted octanol–water partition coefficient (Wildman–Crippen LogP) is 2.96. The van der Waals surface area contributed by atoms with E-state index in [2.05, 4.69) is 38.1 Å². The highest BCUT2D eigenvalue weighted by atomic mass is 35.5. The van der Waals surface area contributed by atoms with Crippen LogP contribution in [0, 0.1) is 6.92 Å². The number of unbranched alkanes of at least 4 members (excludes halogenated alkanes) is 1. The minimum Gasteiger partial charge on any atom is -0.147 e. The minimum atomic E-state index is 0. The van der Waals surface area contributed by atoms with Crippen LogP contribution in [0.15, 0.2) is 24.3 Å². The van der Waals surface area contributed by atoms with Gasteiger partial charge in [0, 0.05) is 0 Å². The molecule has 0 nitrogen and oxygen atoms in total. The Kier molecular flexibility index (Phi) is 7.47. The maximum atomic E-state index is 2.28. The highest BCUT2D eigenvalue weighted by Gasteiger charge is 1.94. The van der Waals surface area contributed by atoms with Crippen LogP contribution >= 0.6 is 12.4 Å². The molecule has 0 spiro atoms. The molecule has 0 fully saturated rings. The molecule has 0 bridgehead atoms.